The Morgan fingerprint density at radius 3 is 2.84 bits per heavy atom. The predicted molar refractivity (Wildman–Crippen MR) is 125 cm³/mol. The van der Waals surface area contributed by atoms with Crippen molar-refractivity contribution in [2.75, 3.05) is 12.4 Å². The van der Waals surface area contributed by atoms with Gasteiger partial charge in [0.1, 0.15) is 11.4 Å². The maximum absolute atomic E-state index is 13.1. The molecule has 4 heterocycles. The number of carbonyl (C=O) groups is 1. The van der Waals surface area contributed by atoms with E-state index in [9.17, 15) is 4.79 Å². The van der Waals surface area contributed by atoms with E-state index in [-0.39, 0.29) is 11.9 Å². The number of benzene rings is 1. The number of nitrogens with zero attached hydrogens (tertiary/aromatic N) is 5. The molecule has 1 aromatic carbocycles. The first-order valence-corrected chi connectivity index (χ1v) is 11.8. The molecule has 32 heavy (non-hydrogen) atoms. The van der Waals surface area contributed by atoms with Gasteiger partial charge in [0.2, 0.25) is 0 Å². The third-order valence-electron chi connectivity index (χ3n) is 5.95. The second-order valence-electron chi connectivity index (χ2n) is 8.05. The average molecular weight is 448 g/mol. The molecule has 0 bridgehead atoms. The van der Waals surface area contributed by atoms with Gasteiger partial charge in [0, 0.05) is 30.1 Å². The van der Waals surface area contributed by atoms with E-state index in [0.29, 0.717) is 5.75 Å². The molecule has 5 rings (SSSR count). The van der Waals surface area contributed by atoms with E-state index in [1.54, 1.807) is 10.9 Å². The van der Waals surface area contributed by atoms with Crippen LogP contribution in [0.3, 0.4) is 0 Å². The van der Waals surface area contributed by atoms with E-state index in [0.717, 1.165) is 64.7 Å². The number of hydrogen-bond acceptors (Lipinski definition) is 6. The lowest BCUT2D eigenvalue weighted by molar-refractivity contribution is 0.0957. The number of carbonyl (C=O) groups excluding carboxylic acids is 1. The Bertz CT molecular complexity index is 1260. The Balaban J connectivity index is 1.34. The summed E-state index contributed by atoms with van der Waals surface area (Å²) in [5.41, 5.74) is 4.55. The molecule has 3 aromatic heterocycles. The predicted octanol–water partition coefficient (Wildman–Crippen LogP) is 4.39. The van der Waals surface area contributed by atoms with Gasteiger partial charge in [0.05, 0.1) is 29.1 Å². The zero-order chi connectivity index (χ0) is 22.1. The molecule has 0 aliphatic carbocycles. The number of thioether (sulfide) groups is 1. The Kier molecular flexibility index (Phi) is 5.80. The normalized spacial score (nSPS) is 16.1. The molecule has 0 N–H and O–H groups in total. The zero-order valence-corrected chi connectivity index (χ0v) is 19.0. The van der Waals surface area contributed by atoms with Gasteiger partial charge < -0.3 is 9.30 Å². The first kappa shape index (κ1) is 20.9. The van der Waals surface area contributed by atoms with Crippen molar-refractivity contribution >= 4 is 28.6 Å². The highest BCUT2D eigenvalue weighted by molar-refractivity contribution is 8.00. The number of hydrogen-bond donors (Lipinski definition) is 0. The summed E-state index contributed by atoms with van der Waals surface area (Å²) in [6, 6.07) is 11.9. The fourth-order valence-corrected chi connectivity index (χ4v) is 5.11. The SMILES string of the molecule is Cc1cc(C(=O)CSc2ncnc3c2cnn3-c2ccccc2)c(C)n1C[C@H]1CCCO1. The molecule has 0 unspecified atom stereocenters. The lowest BCUT2D eigenvalue weighted by atomic mass is 10.2. The van der Waals surface area contributed by atoms with Crippen LogP contribution in [0.25, 0.3) is 16.7 Å². The van der Waals surface area contributed by atoms with Crippen molar-refractivity contribution in [1.82, 2.24) is 24.3 Å². The minimum atomic E-state index is 0.101. The first-order chi connectivity index (χ1) is 15.6. The van der Waals surface area contributed by atoms with Gasteiger partial charge in [-0.3, -0.25) is 4.79 Å². The quantitative estimate of drug-likeness (QED) is 0.238. The van der Waals surface area contributed by atoms with Crippen molar-refractivity contribution in [3.8, 4) is 5.69 Å². The average Bonchev–Trinajstić information content (AvgIpc) is 3.54. The Morgan fingerprint density at radius 1 is 1.22 bits per heavy atom. The lowest BCUT2D eigenvalue weighted by Gasteiger charge is -2.14. The Hall–Kier alpha value is -2.97. The molecule has 0 radical (unpaired) electrons. The molecule has 1 atom stereocenters. The summed E-state index contributed by atoms with van der Waals surface area (Å²) in [6.07, 6.45) is 5.73. The van der Waals surface area contributed by atoms with Crippen molar-refractivity contribution < 1.29 is 9.53 Å². The number of rotatable bonds is 7. The summed E-state index contributed by atoms with van der Waals surface area (Å²) in [6.45, 7) is 5.72. The van der Waals surface area contributed by atoms with Crippen LogP contribution >= 0.6 is 11.8 Å². The van der Waals surface area contributed by atoms with Crippen LogP contribution in [0.1, 0.15) is 34.6 Å². The largest absolute Gasteiger partial charge is 0.376 e. The second-order valence-corrected chi connectivity index (χ2v) is 9.01. The van der Waals surface area contributed by atoms with E-state index in [4.69, 9.17) is 4.74 Å². The summed E-state index contributed by atoms with van der Waals surface area (Å²) in [5.74, 6) is 0.413. The van der Waals surface area contributed by atoms with Crippen LogP contribution in [0.2, 0.25) is 0 Å². The van der Waals surface area contributed by atoms with Crippen LogP contribution in [0, 0.1) is 13.8 Å². The highest BCUT2D eigenvalue weighted by Gasteiger charge is 2.21. The highest BCUT2D eigenvalue weighted by Crippen LogP contribution is 2.27. The number of ether oxygens (including phenoxy) is 1. The standard InChI is InChI=1S/C24H25N5O2S/c1-16-11-20(17(2)28(16)13-19-9-6-10-31-19)22(30)14-32-24-21-12-27-29(23(21)25-15-26-24)18-7-4-3-5-8-18/h3-5,7-8,11-12,15,19H,6,9-10,13-14H2,1-2H3/t19-/m1/s1. The first-order valence-electron chi connectivity index (χ1n) is 10.8. The minimum Gasteiger partial charge on any atom is -0.376 e. The maximum Gasteiger partial charge on any atom is 0.174 e. The number of ketones is 1. The number of aryl methyl sites for hydroxylation is 1. The van der Waals surface area contributed by atoms with E-state index in [2.05, 4.69) is 26.6 Å². The van der Waals surface area contributed by atoms with Crippen molar-refractivity contribution in [3.05, 3.63) is 65.9 Å². The molecule has 7 nitrogen and oxygen atoms in total. The Labute approximate surface area is 190 Å². The van der Waals surface area contributed by atoms with Crippen LogP contribution in [0.15, 0.2) is 53.9 Å². The fraction of sp³-hybridized carbons (Fsp3) is 0.333. The summed E-state index contributed by atoms with van der Waals surface area (Å²) in [4.78, 5) is 21.9. The third kappa shape index (κ3) is 3.96. The van der Waals surface area contributed by atoms with Gasteiger partial charge in [0.15, 0.2) is 11.4 Å². The van der Waals surface area contributed by atoms with Gasteiger partial charge in [-0.1, -0.05) is 30.0 Å². The minimum absolute atomic E-state index is 0.101. The molecule has 164 valence electrons. The zero-order valence-electron chi connectivity index (χ0n) is 18.2. The third-order valence-corrected chi connectivity index (χ3v) is 6.96. The summed E-state index contributed by atoms with van der Waals surface area (Å²) in [7, 11) is 0. The van der Waals surface area contributed by atoms with E-state index >= 15 is 0 Å². The monoisotopic (exact) mass is 447 g/mol. The van der Waals surface area contributed by atoms with Crippen LogP contribution in [0.4, 0.5) is 0 Å². The van der Waals surface area contributed by atoms with Crippen LogP contribution < -0.4 is 0 Å². The molecule has 1 aliphatic heterocycles. The highest BCUT2D eigenvalue weighted by atomic mass is 32.2. The summed E-state index contributed by atoms with van der Waals surface area (Å²) < 4.78 is 9.79. The van der Waals surface area contributed by atoms with Gasteiger partial charge in [-0.25, -0.2) is 14.6 Å². The van der Waals surface area contributed by atoms with E-state index in [1.165, 1.54) is 18.1 Å². The smallest absolute Gasteiger partial charge is 0.174 e. The van der Waals surface area contributed by atoms with Crippen LogP contribution in [-0.4, -0.2) is 48.6 Å². The fourth-order valence-electron chi connectivity index (χ4n) is 4.26. The van der Waals surface area contributed by atoms with Crippen molar-refractivity contribution in [2.24, 2.45) is 0 Å². The maximum atomic E-state index is 13.1. The molecule has 0 spiro atoms. The molecule has 1 saturated heterocycles. The molecule has 0 amide bonds. The van der Waals surface area contributed by atoms with Crippen LogP contribution in [0.5, 0.6) is 0 Å². The molecule has 0 saturated carbocycles. The van der Waals surface area contributed by atoms with Gasteiger partial charge in [-0.05, 0) is 44.9 Å². The molecular weight excluding hydrogens is 422 g/mol. The molecule has 1 fully saturated rings. The van der Waals surface area contributed by atoms with Gasteiger partial charge in [-0.2, -0.15) is 5.10 Å². The van der Waals surface area contributed by atoms with E-state index < -0.39 is 0 Å². The van der Waals surface area contributed by atoms with Crippen LogP contribution in [-0.2, 0) is 11.3 Å². The van der Waals surface area contributed by atoms with Crippen molar-refractivity contribution in [1.29, 1.82) is 0 Å². The number of fused-ring (bicyclic) bond motifs is 1. The number of aromatic nitrogens is 5. The van der Waals surface area contributed by atoms with Gasteiger partial charge >= 0.3 is 0 Å². The van der Waals surface area contributed by atoms with Gasteiger partial charge in [-0.15, -0.1) is 0 Å². The lowest BCUT2D eigenvalue weighted by Crippen LogP contribution is -2.17. The second kappa shape index (κ2) is 8.88. The number of Topliss-reactive ketones (excluding diaryl/α,β-unsaturated/α-hetero) is 1. The number of para-hydroxylation sites is 1. The van der Waals surface area contributed by atoms with Crippen molar-refractivity contribution in [3.63, 3.8) is 0 Å². The van der Waals surface area contributed by atoms with Crippen molar-refractivity contribution in [2.45, 2.75) is 44.4 Å². The molecule has 1 aliphatic rings. The Morgan fingerprint density at radius 2 is 2.06 bits per heavy atom. The topological polar surface area (TPSA) is 74.8 Å². The molecule has 4 aromatic rings. The molecule has 8 heteroatoms. The summed E-state index contributed by atoms with van der Waals surface area (Å²) in [5, 5.41) is 6.10. The van der Waals surface area contributed by atoms with Gasteiger partial charge in [0.25, 0.3) is 0 Å². The summed E-state index contributed by atoms with van der Waals surface area (Å²) >= 11 is 1.43. The molecular formula is C24H25N5O2S. The van der Waals surface area contributed by atoms with E-state index in [1.807, 2.05) is 43.3 Å².